The number of imidazole rings is 1. The Bertz CT molecular complexity index is 616. The molecule has 0 atom stereocenters. The second-order valence-electron chi connectivity index (χ2n) is 3.43. The van der Waals surface area contributed by atoms with Gasteiger partial charge in [0.05, 0.1) is 19.8 Å². The van der Waals surface area contributed by atoms with E-state index in [1.54, 1.807) is 32.4 Å². The average Bonchev–Trinajstić information content (AvgIpc) is 2.79. The van der Waals surface area contributed by atoms with Crippen LogP contribution in [0, 0.1) is 11.3 Å². The minimum atomic E-state index is 0.150. The molecule has 0 aliphatic rings. The van der Waals surface area contributed by atoms with Gasteiger partial charge in [-0.05, 0) is 18.2 Å². The number of nitriles is 1. The Morgan fingerprint density at radius 2 is 2.11 bits per heavy atom. The van der Waals surface area contributed by atoms with Gasteiger partial charge >= 0.3 is 0 Å². The molecule has 2 aromatic rings. The largest absolute Gasteiger partial charge is 0.497 e. The van der Waals surface area contributed by atoms with Crippen LogP contribution in [-0.4, -0.2) is 24.2 Å². The highest BCUT2D eigenvalue weighted by Gasteiger charge is 2.14. The second-order valence-corrected chi connectivity index (χ2v) is 3.80. The van der Waals surface area contributed by atoms with Gasteiger partial charge in [-0.3, -0.25) is 0 Å². The van der Waals surface area contributed by atoms with Crippen molar-refractivity contribution >= 4 is 11.6 Å². The normalized spacial score (nSPS) is 9.89. The summed E-state index contributed by atoms with van der Waals surface area (Å²) in [5, 5.41) is 9.04. The summed E-state index contributed by atoms with van der Waals surface area (Å²) in [5.74, 6) is 1.75. The summed E-state index contributed by atoms with van der Waals surface area (Å²) >= 11 is 5.85. The first-order valence-electron chi connectivity index (χ1n) is 5.07. The van der Waals surface area contributed by atoms with Crippen molar-refractivity contribution in [2.24, 2.45) is 0 Å². The fourth-order valence-corrected chi connectivity index (χ4v) is 1.73. The molecule has 92 valence electrons. The fraction of sp³-hybridized carbons (Fsp3) is 0.167. The Kier molecular flexibility index (Phi) is 3.40. The number of H-pyrrole nitrogens is 1. The standard InChI is InChI=1S/C12H10ClN3O2/c1-17-7-3-4-10(18-2)8(5-7)12-15-9(6-14)11(13)16-12/h3-5H,1-2H3,(H,15,16). The lowest BCUT2D eigenvalue weighted by Crippen LogP contribution is -1.91. The van der Waals surface area contributed by atoms with Gasteiger partial charge in [0.25, 0.3) is 0 Å². The first-order chi connectivity index (χ1) is 8.69. The van der Waals surface area contributed by atoms with E-state index in [1.807, 2.05) is 6.07 Å². The molecular weight excluding hydrogens is 254 g/mol. The lowest BCUT2D eigenvalue weighted by molar-refractivity contribution is 0.404. The molecule has 0 saturated heterocycles. The molecular formula is C12H10ClN3O2. The molecule has 5 nitrogen and oxygen atoms in total. The molecule has 0 aliphatic heterocycles. The van der Waals surface area contributed by atoms with Crippen LogP contribution in [0.4, 0.5) is 0 Å². The lowest BCUT2D eigenvalue weighted by Gasteiger charge is -2.08. The monoisotopic (exact) mass is 263 g/mol. The van der Waals surface area contributed by atoms with Crippen LogP contribution < -0.4 is 9.47 Å². The predicted octanol–water partition coefficient (Wildman–Crippen LogP) is 2.62. The van der Waals surface area contributed by atoms with Crippen LogP contribution in [0.15, 0.2) is 18.2 Å². The van der Waals surface area contributed by atoms with E-state index < -0.39 is 0 Å². The van der Waals surface area contributed by atoms with E-state index in [0.29, 0.717) is 22.9 Å². The van der Waals surface area contributed by atoms with Crippen LogP contribution in [0.25, 0.3) is 11.4 Å². The molecule has 0 fully saturated rings. The first-order valence-corrected chi connectivity index (χ1v) is 5.45. The second kappa shape index (κ2) is 4.98. The van der Waals surface area contributed by atoms with Crippen molar-refractivity contribution in [3.63, 3.8) is 0 Å². The van der Waals surface area contributed by atoms with Crippen LogP contribution >= 0.6 is 11.6 Å². The van der Waals surface area contributed by atoms with Crippen molar-refractivity contribution in [1.29, 1.82) is 5.26 Å². The van der Waals surface area contributed by atoms with E-state index in [9.17, 15) is 0 Å². The van der Waals surface area contributed by atoms with Crippen LogP contribution in [0.2, 0.25) is 5.15 Å². The zero-order valence-corrected chi connectivity index (χ0v) is 10.6. The third kappa shape index (κ3) is 2.11. The van der Waals surface area contributed by atoms with Gasteiger partial charge < -0.3 is 14.5 Å². The number of aromatic nitrogens is 2. The molecule has 1 heterocycles. The molecule has 0 radical (unpaired) electrons. The summed E-state index contributed by atoms with van der Waals surface area (Å²) in [6, 6.07) is 7.20. The van der Waals surface area contributed by atoms with Crippen LogP contribution in [-0.2, 0) is 0 Å². The maximum Gasteiger partial charge on any atom is 0.178 e. The number of methoxy groups -OCH3 is 2. The van der Waals surface area contributed by atoms with Crippen molar-refractivity contribution in [3.05, 3.63) is 29.0 Å². The quantitative estimate of drug-likeness (QED) is 0.924. The number of hydrogen-bond acceptors (Lipinski definition) is 4. The van der Waals surface area contributed by atoms with Crippen molar-refractivity contribution in [1.82, 2.24) is 9.97 Å². The van der Waals surface area contributed by atoms with Gasteiger partial charge in [0.2, 0.25) is 0 Å². The third-order valence-electron chi connectivity index (χ3n) is 2.43. The van der Waals surface area contributed by atoms with Crippen LogP contribution in [0.3, 0.4) is 0 Å². The summed E-state index contributed by atoms with van der Waals surface area (Å²) < 4.78 is 10.4. The molecule has 1 aromatic heterocycles. The molecule has 2 rings (SSSR count). The highest BCUT2D eigenvalue weighted by molar-refractivity contribution is 6.30. The number of aromatic amines is 1. The SMILES string of the molecule is COc1ccc(OC)c(-c2nc(C#N)c(Cl)[nH]2)c1. The molecule has 6 heteroatoms. The molecule has 0 unspecified atom stereocenters. The molecule has 0 aliphatic carbocycles. The number of nitrogens with one attached hydrogen (secondary N) is 1. The van der Waals surface area contributed by atoms with E-state index in [4.69, 9.17) is 26.3 Å². The van der Waals surface area contributed by atoms with Gasteiger partial charge in [0.15, 0.2) is 5.69 Å². The van der Waals surface area contributed by atoms with E-state index in [2.05, 4.69) is 9.97 Å². The van der Waals surface area contributed by atoms with Gasteiger partial charge in [0, 0.05) is 0 Å². The van der Waals surface area contributed by atoms with E-state index in [1.165, 1.54) is 0 Å². The minimum absolute atomic E-state index is 0.150. The Labute approximate surface area is 109 Å². The van der Waals surface area contributed by atoms with Crippen molar-refractivity contribution in [2.75, 3.05) is 14.2 Å². The number of halogens is 1. The predicted molar refractivity (Wildman–Crippen MR) is 66.9 cm³/mol. The first kappa shape index (κ1) is 12.3. The maximum atomic E-state index is 8.83. The van der Waals surface area contributed by atoms with Gasteiger partial charge in [-0.15, -0.1) is 0 Å². The summed E-state index contributed by atoms with van der Waals surface area (Å²) in [7, 11) is 3.13. The Balaban J connectivity index is 2.57. The number of nitrogens with zero attached hydrogens (tertiary/aromatic N) is 2. The smallest absolute Gasteiger partial charge is 0.178 e. The molecule has 18 heavy (non-hydrogen) atoms. The molecule has 0 spiro atoms. The highest BCUT2D eigenvalue weighted by atomic mass is 35.5. The van der Waals surface area contributed by atoms with Gasteiger partial charge in [-0.25, -0.2) is 4.98 Å². The molecule has 1 N–H and O–H groups in total. The maximum absolute atomic E-state index is 8.83. The zero-order valence-electron chi connectivity index (χ0n) is 9.82. The molecule has 0 saturated carbocycles. The zero-order chi connectivity index (χ0) is 13.1. The lowest BCUT2D eigenvalue weighted by atomic mass is 10.2. The van der Waals surface area contributed by atoms with Gasteiger partial charge in [-0.2, -0.15) is 5.26 Å². The van der Waals surface area contributed by atoms with Crippen LogP contribution in [0.1, 0.15) is 5.69 Å². The Morgan fingerprint density at radius 1 is 1.33 bits per heavy atom. The Hall–Kier alpha value is -2.19. The molecule has 0 amide bonds. The number of hydrogen-bond donors (Lipinski definition) is 1. The topological polar surface area (TPSA) is 70.9 Å². The third-order valence-corrected chi connectivity index (χ3v) is 2.70. The summed E-state index contributed by atoms with van der Waals surface area (Å²) in [4.78, 5) is 6.93. The summed E-state index contributed by atoms with van der Waals surface area (Å²) in [6.45, 7) is 0. The summed E-state index contributed by atoms with van der Waals surface area (Å²) in [5.41, 5.74) is 0.830. The Morgan fingerprint density at radius 3 is 2.67 bits per heavy atom. The van der Waals surface area contributed by atoms with E-state index in [-0.39, 0.29) is 10.8 Å². The van der Waals surface area contributed by atoms with Crippen molar-refractivity contribution in [3.8, 4) is 29.0 Å². The minimum Gasteiger partial charge on any atom is -0.497 e. The number of benzene rings is 1. The van der Waals surface area contributed by atoms with Gasteiger partial charge in [-0.1, -0.05) is 11.6 Å². The van der Waals surface area contributed by atoms with E-state index >= 15 is 0 Å². The highest BCUT2D eigenvalue weighted by Crippen LogP contribution is 2.32. The van der Waals surface area contributed by atoms with Crippen molar-refractivity contribution < 1.29 is 9.47 Å². The van der Waals surface area contributed by atoms with E-state index in [0.717, 1.165) is 0 Å². The van der Waals surface area contributed by atoms with Gasteiger partial charge in [0.1, 0.15) is 28.5 Å². The summed E-state index contributed by atoms with van der Waals surface area (Å²) in [6.07, 6.45) is 0. The van der Waals surface area contributed by atoms with Crippen molar-refractivity contribution in [2.45, 2.75) is 0 Å². The molecule has 0 bridgehead atoms. The fourth-order valence-electron chi connectivity index (χ4n) is 1.55. The molecule has 1 aromatic carbocycles. The number of ether oxygens (including phenoxy) is 2. The average molecular weight is 264 g/mol. The number of rotatable bonds is 3. The van der Waals surface area contributed by atoms with Crippen LogP contribution in [0.5, 0.6) is 11.5 Å².